The van der Waals surface area contributed by atoms with E-state index in [1.54, 1.807) is 22.7 Å². The van der Waals surface area contributed by atoms with E-state index in [1.807, 2.05) is 70.2 Å². The standard InChI is InChI=1S/C24H30Cl2N2O2S/c1-5-21(23(30)27-24(2,3)4)28(16-17-8-6-7-9-20(17)26)22(29)14-15-31-19-12-10-18(25)11-13-19/h6-13,21H,5,14-16H2,1-4H3,(H,27,30)/t21-/m1/s1. The van der Waals surface area contributed by atoms with Gasteiger partial charge in [-0.2, -0.15) is 0 Å². The van der Waals surface area contributed by atoms with Gasteiger partial charge in [0.1, 0.15) is 6.04 Å². The Morgan fingerprint density at radius 2 is 1.71 bits per heavy atom. The SMILES string of the molecule is CC[C@H](C(=O)NC(C)(C)C)N(Cc1ccccc1Cl)C(=O)CCSc1ccc(Cl)cc1. The monoisotopic (exact) mass is 480 g/mol. The Balaban J connectivity index is 2.16. The zero-order valence-electron chi connectivity index (χ0n) is 18.5. The van der Waals surface area contributed by atoms with Crippen LogP contribution < -0.4 is 5.32 Å². The smallest absolute Gasteiger partial charge is 0.243 e. The first-order valence-corrected chi connectivity index (χ1v) is 12.1. The largest absolute Gasteiger partial charge is 0.350 e. The number of halogens is 2. The van der Waals surface area contributed by atoms with E-state index in [0.717, 1.165) is 10.5 Å². The summed E-state index contributed by atoms with van der Waals surface area (Å²) in [5.74, 6) is 0.384. The van der Waals surface area contributed by atoms with Gasteiger partial charge in [-0.1, -0.05) is 48.3 Å². The fourth-order valence-electron chi connectivity index (χ4n) is 3.11. The summed E-state index contributed by atoms with van der Waals surface area (Å²) in [6.45, 7) is 8.00. The minimum atomic E-state index is -0.566. The van der Waals surface area contributed by atoms with Gasteiger partial charge < -0.3 is 10.2 Å². The Morgan fingerprint density at radius 1 is 1.06 bits per heavy atom. The zero-order chi connectivity index (χ0) is 23.0. The van der Waals surface area contributed by atoms with Crippen molar-refractivity contribution in [2.24, 2.45) is 0 Å². The fraction of sp³-hybridized carbons (Fsp3) is 0.417. The molecule has 0 saturated heterocycles. The van der Waals surface area contributed by atoms with Crippen molar-refractivity contribution in [3.8, 4) is 0 Å². The van der Waals surface area contributed by atoms with E-state index < -0.39 is 6.04 Å². The lowest BCUT2D eigenvalue weighted by atomic mass is 10.1. The van der Waals surface area contributed by atoms with E-state index in [9.17, 15) is 9.59 Å². The average Bonchev–Trinajstić information content (AvgIpc) is 2.69. The third-order valence-electron chi connectivity index (χ3n) is 4.58. The van der Waals surface area contributed by atoms with E-state index in [1.165, 1.54) is 0 Å². The van der Waals surface area contributed by atoms with E-state index in [4.69, 9.17) is 23.2 Å². The number of carbonyl (C=O) groups is 2. The maximum Gasteiger partial charge on any atom is 0.243 e. The first-order chi connectivity index (χ1) is 14.6. The summed E-state index contributed by atoms with van der Waals surface area (Å²) >= 11 is 13.9. The van der Waals surface area contributed by atoms with Crippen molar-refractivity contribution in [3.05, 3.63) is 64.1 Å². The van der Waals surface area contributed by atoms with Crippen LogP contribution in [0.3, 0.4) is 0 Å². The van der Waals surface area contributed by atoms with Crippen molar-refractivity contribution in [1.82, 2.24) is 10.2 Å². The molecule has 0 aliphatic rings. The summed E-state index contributed by atoms with van der Waals surface area (Å²) in [7, 11) is 0. The molecule has 1 N–H and O–H groups in total. The first kappa shape index (κ1) is 25.6. The van der Waals surface area contributed by atoms with E-state index in [-0.39, 0.29) is 17.4 Å². The van der Waals surface area contributed by atoms with Gasteiger partial charge in [0.15, 0.2) is 0 Å². The molecule has 1 atom stereocenters. The Hall–Kier alpha value is -1.69. The first-order valence-electron chi connectivity index (χ1n) is 10.3. The van der Waals surface area contributed by atoms with Crippen LogP contribution in [0.4, 0.5) is 0 Å². The Bertz CT molecular complexity index is 882. The molecule has 0 spiro atoms. The predicted octanol–water partition coefficient (Wildman–Crippen LogP) is 6.20. The molecular formula is C24H30Cl2N2O2S. The van der Waals surface area contributed by atoms with Crippen molar-refractivity contribution in [2.45, 2.75) is 63.6 Å². The second kappa shape index (κ2) is 11.8. The number of amides is 2. The van der Waals surface area contributed by atoms with Gasteiger partial charge in [-0.15, -0.1) is 11.8 Å². The highest BCUT2D eigenvalue weighted by atomic mass is 35.5. The highest BCUT2D eigenvalue weighted by molar-refractivity contribution is 7.99. The minimum Gasteiger partial charge on any atom is -0.350 e. The molecule has 0 unspecified atom stereocenters. The molecule has 0 saturated carbocycles. The number of nitrogens with one attached hydrogen (secondary N) is 1. The summed E-state index contributed by atoms with van der Waals surface area (Å²) in [5.41, 5.74) is 0.443. The van der Waals surface area contributed by atoms with Gasteiger partial charge in [-0.3, -0.25) is 9.59 Å². The van der Waals surface area contributed by atoms with Gasteiger partial charge in [0, 0.05) is 39.2 Å². The van der Waals surface area contributed by atoms with Crippen LogP contribution in [-0.4, -0.2) is 34.0 Å². The van der Waals surface area contributed by atoms with E-state index >= 15 is 0 Å². The number of nitrogens with zero attached hydrogens (tertiary/aromatic N) is 1. The minimum absolute atomic E-state index is 0.0720. The van der Waals surface area contributed by atoms with Gasteiger partial charge in [0.2, 0.25) is 11.8 Å². The van der Waals surface area contributed by atoms with Crippen LogP contribution in [0.25, 0.3) is 0 Å². The summed E-state index contributed by atoms with van der Waals surface area (Å²) in [4.78, 5) is 28.9. The third kappa shape index (κ3) is 8.40. The Kier molecular flexibility index (Phi) is 9.73. The van der Waals surface area contributed by atoms with Gasteiger partial charge in [-0.05, 0) is 63.1 Å². The van der Waals surface area contributed by atoms with Gasteiger partial charge in [-0.25, -0.2) is 0 Å². The van der Waals surface area contributed by atoms with Crippen LogP contribution >= 0.6 is 35.0 Å². The lowest BCUT2D eigenvalue weighted by Crippen LogP contribution is -2.53. The number of rotatable bonds is 9. The average molecular weight is 481 g/mol. The van der Waals surface area contributed by atoms with Crippen LogP contribution in [0.1, 0.15) is 46.1 Å². The zero-order valence-corrected chi connectivity index (χ0v) is 20.8. The van der Waals surface area contributed by atoms with E-state index in [0.29, 0.717) is 35.2 Å². The van der Waals surface area contributed by atoms with Crippen LogP contribution in [0, 0.1) is 0 Å². The van der Waals surface area contributed by atoms with Crippen molar-refractivity contribution in [2.75, 3.05) is 5.75 Å². The number of benzene rings is 2. The van der Waals surface area contributed by atoms with Crippen LogP contribution in [-0.2, 0) is 16.1 Å². The van der Waals surface area contributed by atoms with Crippen LogP contribution in [0.15, 0.2) is 53.4 Å². The van der Waals surface area contributed by atoms with Gasteiger partial charge >= 0.3 is 0 Å². The fourth-order valence-corrected chi connectivity index (χ4v) is 4.28. The normalized spacial score (nSPS) is 12.3. The molecule has 0 aliphatic carbocycles. The van der Waals surface area contributed by atoms with Gasteiger partial charge in [0.05, 0.1) is 0 Å². The molecule has 2 rings (SSSR count). The molecule has 0 radical (unpaired) electrons. The van der Waals surface area contributed by atoms with Crippen LogP contribution in [0.2, 0.25) is 10.0 Å². The number of carbonyl (C=O) groups excluding carboxylic acids is 2. The van der Waals surface area contributed by atoms with Crippen molar-refractivity contribution in [3.63, 3.8) is 0 Å². The lowest BCUT2D eigenvalue weighted by molar-refractivity contribution is -0.141. The number of hydrogen-bond acceptors (Lipinski definition) is 3. The molecule has 2 aromatic carbocycles. The molecule has 7 heteroatoms. The summed E-state index contributed by atoms with van der Waals surface area (Å²) in [6, 6.07) is 14.4. The maximum atomic E-state index is 13.2. The Morgan fingerprint density at radius 3 is 2.29 bits per heavy atom. The second-order valence-electron chi connectivity index (χ2n) is 8.33. The highest BCUT2D eigenvalue weighted by Gasteiger charge is 2.30. The quantitative estimate of drug-likeness (QED) is 0.434. The molecule has 2 aromatic rings. The molecule has 168 valence electrons. The number of hydrogen-bond donors (Lipinski definition) is 1. The Labute approximate surface area is 199 Å². The van der Waals surface area contributed by atoms with E-state index in [2.05, 4.69) is 5.32 Å². The molecule has 0 bridgehead atoms. The topological polar surface area (TPSA) is 49.4 Å². The summed E-state index contributed by atoms with van der Waals surface area (Å²) in [5, 5.41) is 4.28. The summed E-state index contributed by atoms with van der Waals surface area (Å²) < 4.78 is 0. The van der Waals surface area contributed by atoms with Gasteiger partial charge in [0.25, 0.3) is 0 Å². The van der Waals surface area contributed by atoms with Crippen molar-refractivity contribution < 1.29 is 9.59 Å². The van der Waals surface area contributed by atoms with Crippen molar-refractivity contribution in [1.29, 1.82) is 0 Å². The third-order valence-corrected chi connectivity index (χ3v) is 6.22. The molecule has 4 nitrogen and oxygen atoms in total. The number of thioether (sulfide) groups is 1. The predicted molar refractivity (Wildman–Crippen MR) is 131 cm³/mol. The second-order valence-corrected chi connectivity index (χ2v) is 10.3. The maximum absolute atomic E-state index is 13.2. The molecular weight excluding hydrogens is 451 g/mol. The van der Waals surface area contributed by atoms with Crippen molar-refractivity contribution >= 4 is 46.8 Å². The molecule has 0 aliphatic heterocycles. The molecule has 2 amide bonds. The molecule has 0 aromatic heterocycles. The molecule has 0 fully saturated rings. The van der Waals surface area contributed by atoms with Crippen LogP contribution in [0.5, 0.6) is 0 Å². The molecule has 31 heavy (non-hydrogen) atoms. The highest BCUT2D eigenvalue weighted by Crippen LogP contribution is 2.24. The molecule has 0 heterocycles. The lowest BCUT2D eigenvalue weighted by Gasteiger charge is -2.33. The summed E-state index contributed by atoms with van der Waals surface area (Å²) in [6.07, 6.45) is 0.833.